The van der Waals surface area contributed by atoms with E-state index in [1.807, 2.05) is 102 Å². The fourth-order valence-corrected chi connectivity index (χ4v) is 4.11. The molecule has 0 unspecified atom stereocenters. The van der Waals surface area contributed by atoms with Crippen LogP contribution in [0.3, 0.4) is 0 Å². The number of rotatable bonds is 2. The third-order valence-corrected chi connectivity index (χ3v) is 7.31. The zero-order valence-corrected chi connectivity index (χ0v) is 30.3. The zero-order valence-electron chi connectivity index (χ0n) is 30.3. The first-order chi connectivity index (χ1) is 20.2. The molecule has 244 valence electrons. The lowest BCUT2D eigenvalue weighted by molar-refractivity contribution is 0.408. The third-order valence-electron chi connectivity index (χ3n) is 7.31. The van der Waals surface area contributed by atoms with E-state index in [9.17, 15) is 14.4 Å². The van der Waals surface area contributed by atoms with Crippen molar-refractivity contribution in [1.82, 2.24) is 13.7 Å². The Balaban J connectivity index is 0. The summed E-state index contributed by atoms with van der Waals surface area (Å²) < 4.78 is 10.0. The van der Waals surface area contributed by atoms with Crippen LogP contribution in [-0.2, 0) is 21.1 Å². The van der Waals surface area contributed by atoms with Crippen LogP contribution in [-0.4, -0.2) is 33.9 Å². The van der Waals surface area contributed by atoms with Gasteiger partial charge in [0.25, 0.3) is 16.7 Å². The van der Waals surface area contributed by atoms with Crippen molar-refractivity contribution < 1.29 is 4.74 Å². The van der Waals surface area contributed by atoms with E-state index in [1.165, 1.54) is 12.0 Å². The van der Waals surface area contributed by atoms with E-state index in [4.69, 9.17) is 4.74 Å². The summed E-state index contributed by atoms with van der Waals surface area (Å²) in [4.78, 5) is 36.8. The van der Waals surface area contributed by atoms with Gasteiger partial charge in [0.1, 0.15) is 5.75 Å². The van der Waals surface area contributed by atoms with E-state index < -0.39 is 0 Å². The molecular weight excluding hydrogens is 540 g/mol. The van der Waals surface area contributed by atoms with Crippen molar-refractivity contribution in [2.24, 2.45) is 21.1 Å². The van der Waals surface area contributed by atoms with Crippen LogP contribution in [0.25, 0.3) is 0 Å². The molecule has 4 heterocycles. The SMILES string of the molecule is CC.CC.CC.COc1cc(C)n(C)c(=O)c1C.Cc1c(N2CCC2)cc(C)n(C)c1=O.Cc1cc(C)c(=O)n(C)c1C. The maximum atomic E-state index is 11.8. The number of aromatic nitrogens is 3. The largest absolute Gasteiger partial charge is 0.496 e. The first-order valence-corrected chi connectivity index (χ1v) is 15.5. The lowest BCUT2D eigenvalue weighted by atomic mass is 10.1. The number of hydrogen-bond acceptors (Lipinski definition) is 5. The minimum Gasteiger partial charge on any atom is -0.496 e. The first-order valence-electron chi connectivity index (χ1n) is 15.5. The van der Waals surface area contributed by atoms with Crippen LogP contribution < -0.4 is 26.3 Å². The Morgan fingerprint density at radius 1 is 0.581 bits per heavy atom. The molecule has 4 rings (SSSR count). The molecule has 3 aromatic rings. The van der Waals surface area contributed by atoms with Gasteiger partial charge in [-0.25, -0.2) is 0 Å². The van der Waals surface area contributed by atoms with Gasteiger partial charge in [0.2, 0.25) is 0 Å². The van der Waals surface area contributed by atoms with Crippen molar-refractivity contribution in [2.75, 3.05) is 25.1 Å². The minimum absolute atomic E-state index is 0.00634. The van der Waals surface area contributed by atoms with Gasteiger partial charge in [0, 0.05) is 68.1 Å². The van der Waals surface area contributed by atoms with Crippen LogP contribution in [0.4, 0.5) is 5.69 Å². The van der Waals surface area contributed by atoms with Gasteiger partial charge in [-0.1, -0.05) is 41.5 Å². The van der Waals surface area contributed by atoms with Gasteiger partial charge >= 0.3 is 0 Å². The van der Waals surface area contributed by atoms with Gasteiger partial charge in [-0.05, 0) is 78.6 Å². The number of methoxy groups -OCH3 is 1. The average Bonchev–Trinajstić information content (AvgIpc) is 3.00. The number of pyridine rings is 3. The molecular formula is C35H60N4O4. The van der Waals surface area contributed by atoms with E-state index in [0.717, 1.165) is 47.0 Å². The number of aryl methyl sites for hydroxylation is 4. The molecule has 0 spiro atoms. The number of hydrogen-bond donors (Lipinski definition) is 0. The molecule has 1 saturated heterocycles. The predicted molar refractivity (Wildman–Crippen MR) is 186 cm³/mol. The van der Waals surface area contributed by atoms with E-state index in [0.29, 0.717) is 11.3 Å². The van der Waals surface area contributed by atoms with Crippen molar-refractivity contribution in [3.8, 4) is 5.75 Å². The molecule has 0 amide bonds. The summed E-state index contributed by atoms with van der Waals surface area (Å²) in [5.41, 5.74) is 7.86. The van der Waals surface area contributed by atoms with Crippen LogP contribution >= 0.6 is 0 Å². The molecule has 0 radical (unpaired) electrons. The summed E-state index contributed by atoms with van der Waals surface area (Å²) in [5.74, 6) is 0.663. The highest BCUT2D eigenvalue weighted by atomic mass is 16.5. The Bertz CT molecular complexity index is 1460. The van der Waals surface area contributed by atoms with Crippen LogP contribution in [0.1, 0.15) is 87.3 Å². The normalized spacial score (nSPS) is 10.9. The molecule has 3 aromatic heterocycles. The highest BCUT2D eigenvalue weighted by Crippen LogP contribution is 2.23. The molecule has 0 N–H and O–H groups in total. The molecule has 1 aliphatic heterocycles. The lowest BCUT2D eigenvalue weighted by Gasteiger charge is -2.34. The van der Waals surface area contributed by atoms with E-state index in [2.05, 4.69) is 11.0 Å². The van der Waals surface area contributed by atoms with Crippen molar-refractivity contribution in [3.63, 3.8) is 0 Å². The number of ether oxygens (including phenoxy) is 1. The van der Waals surface area contributed by atoms with Gasteiger partial charge in [0.15, 0.2) is 0 Å². The van der Waals surface area contributed by atoms with Gasteiger partial charge < -0.3 is 23.3 Å². The number of nitrogens with zero attached hydrogens (tertiary/aromatic N) is 4. The zero-order chi connectivity index (χ0) is 34.2. The second-order valence-electron chi connectivity index (χ2n) is 9.80. The van der Waals surface area contributed by atoms with Crippen molar-refractivity contribution in [2.45, 2.75) is 96.4 Å². The molecule has 0 bridgehead atoms. The summed E-state index contributed by atoms with van der Waals surface area (Å²) in [6.07, 6.45) is 1.24. The third kappa shape index (κ3) is 10.9. The van der Waals surface area contributed by atoms with Crippen LogP contribution in [0.2, 0.25) is 0 Å². The minimum atomic E-state index is 0.00634. The Hall–Kier alpha value is -3.55. The standard InChI is InChI=1S/C11H16N2O.C9H13NO2.C9H13NO.3C2H6/c1-8-7-10(13-5-4-6-13)9(2)11(14)12(8)3;1-6-5-8(12-4)7(2)9(11)10(6)3;1-6-5-7(2)9(11)10(4)8(6)3;3*1-2/h7H,4-6H2,1-3H3;5H,1-4H3;5H,1-4H3;3*1-2H3. The molecule has 1 fully saturated rings. The van der Waals surface area contributed by atoms with Gasteiger partial charge in [-0.15, -0.1) is 0 Å². The monoisotopic (exact) mass is 600 g/mol. The quantitative estimate of drug-likeness (QED) is 0.331. The fraction of sp³-hybridized carbons (Fsp3) is 0.571. The molecule has 0 aliphatic carbocycles. The highest BCUT2D eigenvalue weighted by molar-refractivity contribution is 5.54. The molecule has 8 nitrogen and oxygen atoms in total. The highest BCUT2D eigenvalue weighted by Gasteiger charge is 2.18. The molecule has 8 heteroatoms. The van der Waals surface area contributed by atoms with Gasteiger partial charge in [-0.3, -0.25) is 14.4 Å². The Labute approximate surface area is 261 Å². The average molecular weight is 601 g/mol. The Kier molecular flexibility index (Phi) is 19.7. The van der Waals surface area contributed by atoms with Crippen LogP contribution in [0, 0.1) is 48.5 Å². The van der Waals surface area contributed by atoms with Crippen LogP contribution in [0.5, 0.6) is 5.75 Å². The summed E-state index contributed by atoms with van der Waals surface area (Å²) in [6.45, 7) is 27.5. The second kappa shape index (κ2) is 20.4. The summed E-state index contributed by atoms with van der Waals surface area (Å²) in [6, 6.07) is 5.89. The summed E-state index contributed by atoms with van der Waals surface area (Å²) >= 11 is 0. The van der Waals surface area contributed by atoms with Gasteiger partial charge in [-0.2, -0.15) is 0 Å². The summed E-state index contributed by atoms with van der Waals surface area (Å²) in [7, 11) is 6.95. The Morgan fingerprint density at radius 3 is 1.44 bits per heavy atom. The van der Waals surface area contributed by atoms with E-state index in [1.54, 1.807) is 41.8 Å². The molecule has 1 aliphatic rings. The van der Waals surface area contributed by atoms with Crippen molar-refractivity contribution in [3.05, 3.63) is 88.6 Å². The van der Waals surface area contributed by atoms with Gasteiger partial charge in [0.05, 0.1) is 12.7 Å². The summed E-state index contributed by atoms with van der Waals surface area (Å²) in [5, 5.41) is 0. The molecule has 0 aromatic carbocycles. The van der Waals surface area contributed by atoms with Crippen molar-refractivity contribution >= 4 is 5.69 Å². The maximum Gasteiger partial charge on any atom is 0.257 e. The van der Waals surface area contributed by atoms with Crippen LogP contribution in [0.15, 0.2) is 32.6 Å². The topological polar surface area (TPSA) is 78.5 Å². The number of anilines is 1. The molecule has 0 saturated carbocycles. The Morgan fingerprint density at radius 2 is 1.02 bits per heavy atom. The molecule has 43 heavy (non-hydrogen) atoms. The fourth-order valence-electron chi connectivity index (χ4n) is 4.11. The maximum absolute atomic E-state index is 11.8. The second-order valence-corrected chi connectivity index (χ2v) is 9.80. The smallest absolute Gasteiger partial charge is 0.257 e. The first kappa shape index (κ1) is 41.6. The van der Waals surface area contributed by atoms with E-state index >= 15 is 0 Å². The predicted octanol–water partition coefficient (Wildman–Crippen LogP) is 6.61. The molecule has 0 atom stereocenters. The van der Waals surface area contributed by atoms with E-state index in [-0.39, 0.29) is 16.7 Å². The van der Waals surface area contributed by atoms with Crippen molar-refractivity contribution in [1.29, 1.82) is 0 Å². The lowest BCUT2D eigenvalue weighted by Crippen LogP contribution is -2.39.